The Labute approximate surface area is 208 Å². The predicted octanol–water partition coefficient (Wildman–Crippen LogP) is 4.19. The Morgan fingerprint density at radius 3 is 2.42 bits per heavy atom. The van der Waals surface area contributed by atoms with Crippen LogP contribution in [0.15, 0.2) is 71.1 Å². The highest BCUT2D eigenvalue weighted by atomic mass is 19.1. The number of hydrogen-bond donors (Lipinski definition) is 1. The normalized spacial score (nSPS) is 21.5. The third-order valence-electron chi connectivity index (χ3n) is 6.71. The molecular formula is C28H28FNO6. The molecule has 36 heavy (non-hydrogen) atoms. The average molecular weight is 494 g/mol. The smallest absolute Gasteiger partial charge is 0.337 e. The number of carbonyl (C=O) groups excluding carboxylic acids is 3. The van der Waals surface area contributed by atoms with Crippen LogP contribution >= 0.6 is 0 Å². The molecule has 2 aromatic carbocycles. The largest absolute Gasteiger partial charge is 0.497 e. The summed E-state index contributed by atoms with van der Waals surface area (Å²) in [4.78, 5) is 39.6. The lowest BCUT2D eigenvalue weighted by Crippen LogP contribution is -2.43. The zero-order valence-corrected chi connectivity index (χ0v) is 20.6. The molecule has 1 aliphatic heterocycles. The molecule has 3 atom stereocenters. The van der Waals surface area contributed by atoms with E-state index in [1.165, 1.54) is 19.2 Å². The van der Waals surface area contributed by atoms with Gasteiger partial charge in [0, 0.05) is 22.5 Å². The van der Waals surface area contributed by atoms with Crippen LogP contribution in [0, 0.1) is 17.7 Å². The van der Waals surface area contributed by atoms with Gasteiger partial charge in [-0.05, 0) is 43.0 Å². The zero-order chi connectivity index (χ0) is 26.0. The molecule has 1 heterocycles. The van der Waals surface area contributed by atoms with Gasteiger partial charge >= 0.3 is 11.9 Å². The van der Waals surface area contributed by atoms with Crippen molar-refractivity contribution in [2.45, 2.75) is 32.8 Å². The number of hydrogen-bond acceptors (Lipinski definition) is 7. The molecule has 0 amide bonds. The number of methoxy groups -OCH3 is 2. The number of ether oxygens (including phenoxy) is 3. The van der Waals surface area contributed by atoms with Crippen molar-refractivity contribution in [1.82, 2.24) is 5.32 Å². The Balaban J connectivity index is 1.73. The van der Waals surface area contributed by atoms with Crippen LogP contribution in [-0.2, 0) is 30.5 Å². The summed E-state index contributed by atoms with van der Waals surface area (Å²) in [5.41, 5.74) is 2.26. The van der Waals surface area contributed by atoms with Crippen LogP contribution in [0.2, 0.25) is 0 Å². The molecule has 0 unspecified atom stereocenters. The van der Waals surface area contributed by atoms with Crippen LogP contribution in [0.4, 0.5) is 4.39 Å². The molecule has 0 saturated carbocycles. The van der Waals surface area contributed by atoms with Gasteiger partial charge in [0.25, 0.3) is 0 Å². The van der Waals surface area contributed by atoms with Gasteiger partial charge in [0.15, 0.2) is 5.78 Å². The molecule has 1 N–H and O–H groups in total. The van der Waals surface area contributed by atoms with E-state index < -0.39 is 35.4 Å². The first-order chi connectivity index (χ1) is 17.3. The first-order valence-corrected chi connectivity index (χ1v) is 11.6. The summed E-state index contributed by atoms with van der Waals surface area (Å²) in [6.07, 6.45) is 0.372. The van der Waals surface area contributed by atoms with Crippen molar-refractivity contribution in [1.29, 1.82) is 0 Å². The minimum absolute atomic E-state index is 0.0225. The van der Waals surface area contributed by atoms with Crippen molar-refractivity contribution in [3.63, 3.8) is 0 Å². The van der Waals surface area contributed by atoms with E-state index in [1.807, 2.05) is 0 Å². The Morgan fingerprint density at radius 1 is 1.08 bits per heavy atom. The SMILES string of the molecule is COC(=O)[C@H]1C(=O)C2=C(C[C@H]1C)NC(C)=C(C(=O)OCc1ccc(OC)cc1)[C@H]2c1ccccc1F. The topological polar surface area (TPSA) is 90.9 Å². The van der Waals surface area contributed by atoms with E-state index in [4.69, 9.17) is 14.2 Å². The molecule has 4 rings (SSSR count). The highest BCUT2D eigenvalue weighted by Crippen LogP contribution is 2.46. The lowest BCUT2D eigenvalue weighted by Gasteiger charge is -2.38. The van der Waals surface area contributed by atoms with Gasteiger partial charge in [-0.25, -0.2) is 9.18 Å². The van der Waals surface area contributed by atoms with Crippen LogP contribution in [0.5, 0.6) is 5.75 Å². The zero-order valence-electron chi connectivity index (χ0n) is 20.6. The number of nitrogens with one attached hydrogen (secondary N) is 1. The summed E-state index contributed by atoms with van der Waals surface area (Å²) < 4.78 is 30.8. The van der Waals surface area contributed by atoms with Crippen LogP contribution < -0.4 is 10.1 Å². The molecular weight excluding hydrogens is 465 g/mol. The molecule has 1 aliphatic carbocycles. The third kappa shape index (κ3) is 4.63. The molecule has 0 aromatic heterocycles. The minimum Gasteiger partial charge on any atom is -0.497 e. The van der Waals surface area contributed by atoms with Gasteiger partial charge in [-0.2, -0.15) is 0 Å². The number of dihydropyridines is 1. The first kappa shape index (κ1) is 25.2. The average Bonchev–Trinajstić information content (AvgIpc) is 2.87. The second-order valence-electron chi connectivity index (χ2n) is 8.98. The number of benzene rings is 2. The van der Waals surface area contributed by atoms with Crippen molar-refractivity contribution < 1.29 is 33.0 Å². The summed E-state index contributed by atoms with van der Waals surface area (Å²) in [5, 5.41) is 3.17. The van der Waals surface area contributed by atoms with Gasteiger partial charge in [0.2, 0.25) is 0 Å². The van der Waals surface area contributed by atoms with Crippen LogP contribution in [-0.4, -0.2) is 31.9 Å². The molecule has 0 radical (unpaired) electrons. The van der Waals surface area contributed by atoms with Crippen LogP contribution in [0.1, 0.15) is 37.3 Å². The van der Waals surface area contributed by atoms with E-state index in [0.29, 0.717) is 23.6 Å². The summed E-state index contributed by atoms with van der Waals surface area (Å²) in [6.45, 7) is 3.47. The van der Waals surface area contributed by atoms with Crippen LogP contribution in [0.25, 0.3) is 0 Å². The molecule has 2 aromatic rings. The highest BCUT2D eigenvalue weighted by Gasteiger charge is 2.47. The molecule has 188 valence electrons. The lowest BCUT2D eigenvalue weighted by atomic mass is 9.69. The Morgan fingerprint density at radius 2 is 1.78 bits per heavy atom. The van der Waals surface area contributed by atoms with E-state index in [-0.39, 0.29) is 29.2 Å². The fourth-order valence-electron chi connectivity index (χ4n) is 4.92. The maximum atomic E-state index is 15.1. The van der Waals surface area contributed by atoms with Gasteiger partial charge in [0.1, 0.15) is 24.1 Å². The molecule has 0 bridgehead atoms. The third-order valence-corrected chi connectivity index (χ3v) is 6.71. The predicted molar refractivity (Wildman–Crippen MR) is 129 cm³/mol. The molecule has 0 saturated heterocycles. The number of Topliss-reactive ketones (excluding diaryl/α,β-unsaturated/α-hetero) is 1. The second-order valence-corrected chi connectivity index (χ2v) is 8.98. The monoisotopic (exact) mass is 493 g/mol. The van der Waals surface area contributed by atoms with Crippen molar-refractivity contribution >= 4 is 17.7 Å². The van der Waals surface area contributed by atoms with Gasteiger partial charge in [-0.15, -0.1) is 0 Å². The number of carbonyl (C=O) groups is 3. The summed E-state index contributed by atoms with van der Waals surface area (Å²) in [5.74, 6) is -4.11. The Kier molecular flexibility index (Phi) is 7.24. The number of halogens is 1. The van der Waals surface area contributed by atoms with Crippen molar-refractivity contribution in [3.8, 4) is 5.75 Å². The fraction of sp³-hybridized carbons (Fsp3) is 0.321. The Hall–Kier alpha value is -3.94. The number of allylic oxidation sites excluding steroid dienone is 3. The standard InChI is InChI=1S/C28H28FNO6/c1-15-13-21-25(26(31)22(15)27(32)35-4)24(19-7-5-6-8-20(19)29)23(16(2)30-21)28(33)36-14-17-9-11-18(34-3)12-10-17/h5-12,15,22,24,30H,13-14H2,1-4H3/t15-,22-,24-/m1/s1. The molecule has 2 aliphatic rings. The van der Waals surface area contributed by atoms with Gasteiger partial charge in [0.05, 0.1) is 25.7 Å². The van der Waals surface area contributed by atoms with Gasteiger partial charge in [-0.3, -0.25) is 9.59 Å². The van der Waals surface area contributed by atoms with E-state index >= 15 is 4.39 Å². The molecule has 8 heteroatoms. The van der Waals surface area contributed by atoms with E-state index in [1.54, 1.807) is 57.4 Å². The van der Waals surface area contributed by atoms with Crippen molar-refractivity contribution in [2.75, 3.05) is 14.2 Å². The van der Waals surface area contributed by atoms with E-state index in [2.05, 4.69) is 5.32 Å². The summed E-state index contributed by atoms with van der Waals surface area (Å²) in [7, 11) is 2.79. The maximum Gasteiger partial charge on any atom is 0.337 e. The van der Waals surface area contributed by atoms with E-state index in [0.717, 1.165) is 5.56 Å². The molecule has 0 fully saturated rings. The second kappa shape index (κ2) is 10.4. The Bertz CT molecular complexity index is 1260. The van der Waals surface area contributed by atoms with Crippen LogP contribution in [0.3, 0.4) is 0 Å². The lowest BCUT2D eigenvalue weighted by molar-refractivity contribution is -0.151. The number of rotatable bonds is 6. The maximum absolute atomic E-state index is 15.1. The molecule has 7 nitrogen and oxygen atoms in total. The van der Waals surface area contributed by atoms with Gasteiger partial charge < -0.3 is 19.5 Å². The highest BCUT2D eigenvalue weighted by molar-refractivity contribution is 6.12. The first-order valence-electron chi connectivity index (χ1n) is 11.6. The van der Waals surface area contributed by atoms with Crippen molar-refractivity contribution in [2.24, 2.45) is 11.8 Å². The summed E-state index contributed by atoms with van der Waals surface area (Å²) in [6, 6.07) is 13.1. The number of ketones is 1. The van der Waals surface area contributed by atoms with Gasteiger partial charge in [-0.1, -0.05) is 37.3 Å². The van der Waals surface area contributed by atoms with Crippen molar-refractivity contribution in [3.05, 3.63) is 88.0 Å². The molecule has 0 spiro atoms. The fourth-order valence-corrected chi connectivity index (χ4v) is 4.92. The number of esters is 2. The minimum atomic E-state index is -1.04. The quantitative estimate of drug-likeness (QED) is 0.477. The summed E-state index contributed by atoms with van der Waals surface area (Å²) >= 11 is 0. The van der Waals surface area contributed by atoms with E-state index in [9.17, 15) is 14.4 Å².